The number of anilines is 1. The number of amides is 1. The van der Waals surface area contributed by atoms with E-state index in [0.29, 0.717) is 16.7 Å². The van der Waals surface area contributed by atoms with Gasteiger partial charge in [0.1, 0.15) is 0 Å². The largest absolute Gasteiger partial charge is 0.398 e. The van der Waals surface area contributed by atoms with Gasteiger partial charge in [0.2, 0.25) is 0 Å². The molecule has 4 heteroatoms. The number of piperidine rings is 1. The molecule has 0 radical (unpaired) electrons. The second-order valence-corrected chi connectivity index (χ2v) is 6.32. The summed E-state index contributed by atoms with van der Waals surface area (Å²) >= 11 is 0. The molecule has 0 bridgehead atoms. The van der Waals surface area contributed by atoms with Gasteiger partial charge in [-0.15, -0.1) is 0 Å². The van der Waals surface area contributed by atoms with Crippen molar-refractivity contribution in [1.82, 2.24) is 9.88 Å². The third-order valence-corrected chi connectivity index (χ3v) is 5.11. The van der Waals surface area contributed by atoms with Crippen LogP contribution in [-0.4, -0.2) is 28.9 Å². The predicted molar refractivity (Wildman–Crippen MR) is 79.3 cm³/mol. The molecule has 2 fully saturated rings. The first-order valence-electron chi connectivity index (χ1n) is 7.69. The zero-order chi connectivity index (χ0) is 14.0. The molecule has 3 rings (SSSR count). The van der Waals surface area contributed by atoms with Crippen LogP contribution < -0.4 is 5.73 Å². The highest BCUT2D eigenvalue weighted by Crippen LogP contribution is 2.44. The summed E-state index contributed by atoms with van der Waals surface area (Å²) in [4.78, 5) is 18.5. The Bertz CT molecular complexity index is 484. The van der Waals surface area contributed by atoms with E-state index in [1.165, 1.54) is 32.1 Å². The fourth-order valence-electron chi connectivity index (χ4n) is 3.74. The lowest BCUT2D eigenvalue weighted by Gasteiger charge is -2.44. The smallest absolute Gasteiger partial charge is 0.257 e. The van der Waals surface area contributed by atoms with Crippen LogP contribution in [0.5, 0.6) is 0 Å². The predicted octanol–water partition coefficient (Wildman–Crippen LogP) is 2.85. The van der Waals surface area contributed by atoms with E-state index in [-0.39, 0.29) is 5.91 Å². The second-order valence-electron chi connectivity index (χ2n) is 6.32. The molecule has 2 aliphatic rings. The molecule has 0 atom stereocenters. The molecule has 1 amide bonds. The van der Waals surface area contributed by atoms with Crippen molar-refractivity contribution in [2.75, 3.05) is 18.8 Å². The van der Waals surface area contributed by atoms with E-state index in [9.17, 15) is 4.79 Å². The lowest BCUT2D eigenvalue weighted by molar-refractivity contribution is 0.0472. The minimum absolute atomic E-state index is 0.0428. The van der Waals surface area contributed by atoms with Crippen LogP contribution in [0, 0.1) is 5.41 Å². The SMILES string of the molecule is Nc1ccncc1C(=O)N1CCC2(CCCCC2)CC1. The molecule has 2 N–H and O–H groups in total. The Morgan fingerprint density at radius 1 is 1.15 bits per heavy atom. The van der Waals surface area contributed by atoms with Crippen molar-refractivity contribution >= 4 is 11.6 Å². The Kier molecular flexibility index (Phi) is 3.64. The van der Waals surface area contributed by atoms with Crippen LogP contribution in [0.3, 0.4) is 0 Å². The number of likely N-dealkylation sites (tertiary alicyclic amines) is 1. The van der Waals surface area contributed by atoms with E-state index in [1.54, 1.807) is 18.5 Å². The van der Waals surface area contributed by atoms with Crippen LogP contribution in [0.4, 0.5) is 5.69 Å². The van der Waals surface area contributed by atoms with Crippen LogP contribution in [0.15, 0.2) is 18.5 Å². The molecule has 1 spiro atoms. The Balaban J connectivity index is 1.66. The second kappa shape index (κ2) is 5.43. The van der Waals surface area contributed by atoms with Crippen molar-refractivity contribution in [3.63, 3.8) is 0 Å². The third-order valence-electron chi connectivity index (χ3n) is 5.11. The first kappa shape index (κ1) is 13.4. The number of nitrogens with two attached hydrogens (primary N) is 1. The number of pyridine rings is 1. The molecule has 4 nitrogen and oxygen atoms in total. The van der Waals surface area contributed by atoms with Crippen molar-refractivity contribution in [1.29, 1.82) is 0 Å². The van der Waals surface area contributed by atoms with E-state index in [4.69, 9.17) is 5.73 Å². The van der Waals surface area contributed by atoms with Gasteiger partial charge in [0.05, 0.1) is 5.56 Å². The zero-order valence-corrected chi connectivity index (χ0v) is 12.0. The van der Waals surface area contributed by atoms with Gasteiger partial charge in [-0.05, 0) is 37.2 Å². The summed E-state index contributed by atoms with van der Waals surface area (Å²) in [5.41, 5.74) is 7.48. The van der Waals surface area contributed by atoms with Gasteiger partial charge >= 0.3 is 0 Å². The summed E-state index contributed by atoms with van der Waals surface area (Å²) in [6.45, 7) is 1.74. The number of hydrogen-bond donors (Lipinski definition) is 1. The fraction of sp³-hybridized carbons (Fsp3) is 0.625. The molecule has 1 saturated carbocycles. The summed E-state index contributed by atoms with van der Waals surface area (Å²) in [7, 11) is 0. The minimum atomic E-state index is 0.0428. The number of rotatable bonds is 1. The average Bonchev–Trinajstić information content (AvgIpc) is 2.49. The van der Waals surface area contributed by atoms with Gasteiger partial charge in [-0.3, -0.25) is 9.78 Å². The summed E-state index contributed by atoms with van der Waals surface area (Å²) < 4.78 is 0. The highest BCUT2D eigenvalue weighted by Gasteiger charge is 2.36. The molecule has 20 heavy (non-hydrogen) atoms. The molecular formula is C16H23N3O. The molecule has 0 unspecified atom stereocenters. The third kappa shape index (κ3) is 2.51. The van der Waals surface area contributed by atoms with Crippen LogP contribution in [0.1, 0.15) is 55.3 Å². The average molecular weight is 273 g/mol. The maximum atomic E-state index is 12.5. The Morgan fingerprint density at radius 3 is 2.50 bits per heavy atom. The topological polar surface area (TPSA) is 59.2 Å². The van der Waals surface area contributed by atoms with Gasteiger partial charge in [0.25, 0.3) is 5.91 Å². The van der Waals surface area contributed by atoms with Crippen LogP contribution in [0.25, 0.3) is 0 Å². The van der Waals surface area contributed by atoms with Gasteiger partial charge < -0.3 is 10.6 Å². The summed E-state index contributed by atoms with van der Waals surface area (Å²) in [6, 6.07) is 1.69. The van der Waals surface area contributed by atoms with E-state index in [1.807, 2.05) is 4.90 Å². The molecule has 1 saturated heterocycles. The molecule has 1 aromatic heterocycles. The molecule has 1 aromatic rings. The number of carbonyl (C=O) groups is 1. The van der Waals surface area contributed by atoms with Crippen LogP contribution in [0.2, 0.25) is 0 Å². The summed E-state index contributed by atoms with van der Waals surface area (Å²) in [6.07, 6.45) is 12.3. The normalized spacial score (nSPS) is 21.9. The number of carbonyl (C=O) groups excluding carboxylic acids is 1. The van der Waals surface area contributed by atoms with Crippen molar-refractivity contribution in [3.05, 3.63) is 24.0 Å². The lowest BCUT2D eigenvalue weighted by atomic mass is 9.68. The number of nitrogens with zero attached hydrogens (tertiary/aromatic N) is 2. The number of nitrogen functional groups attached to an aromatic ring is 1. The fourth-order valence-corrected chi connectivity index (χ4v) is 3.74. The highest BCUT2D eigenvalue weighted by atomic mass is 16.2. The minimum Gasteiger partial charge on any atom is -0.398 e. The molecule has 1 aliphatic heterocycles. The molecule has 2 heterocycles. The number of aromatic nitrogens is 1. The maximum absolute atomic E-state index is 12.5. The van der Waals surface area contributed by atoms with Gasteiger partial charge in [0, 0.05) is 31.2 Å². The Labute approximate surface area is 120 Å². The quantitative estimate of drug-likeness (QED) is 0.856. The first-order valence-corrected chi connectivity index (χ1v) is 7.69. The van der Waals surface area contributed by atoms with Crippen molar-refractivity contribution in [2.24, 2.45) is 5.41 Å². The monoisotopic (exact) mass is 273 g/mol. The lowest BCUT2D eigenvalue weighted by Crippen LogP contribution is -2.44. The van der Waals surface area contributed by atoms with E-state index in [0.717, 1.165) is 25.9 Å². The summed E-state index contributed by atoms with van der Waals surface area (Å²) in [5, 5.41) is 0. The van der Waals surface area contributed by atoms with Gasteiger partial charge in [-0.2, -0.15) is 0 Å². The molecule has 0 aromatic carbocycles. The highest BCUT2D eigenvalue weighted by molar-refractivity contribution is 5.98. The Hall–Kier alpha value is -1.58. The van der Waals surface area contributed by atoms with Crippen molar-refractivity contribution in [3.8, 4) is 0 Å². The summed E-state index contributed by atoms with van der Waals surface area (Å²) in [5.74, 6) is 0.0428. The van der Waals surface area contributed by atoms with Crippen LogP contribution >= 0.6 is 0 Å². The molecular weight excluding hydrogens is 250 g/mol. The van der Waals surface area contributed by atoms with E-state index in [2.05, 4.69) is 4.98 Å². The van der Waals surface area contributed by atoms with Gasteiger partial charge in [-0.25, -0.2) is 0 Å². The molecule has 108 valence electrons. The van der Waals surface area contributed by atoms with Gasteiger partial charge in [-0.1, -0.05) is 19.3 Å². The van der Waals surface area contributed by atoms with E-state index >= 15 is 0 Å². The maximum Gasteiger partial charge on any atom is 0.257 e. The standard InChI is InChI=1S/C16H23N3O/c17-14-4-9-18-12-13(14)15(20)19-10-7-16(8-11-19)5-2-1-3-6-16/h4,9,12H,1-3,5-8,10-11H2,(H2,17,18). The zero-order valence-electron chi connectivity index (χ0n) is 12.0. The van der Waals surface area contributed by atoms with E-state index < -0.39 is 0 Å². The molecule has 1 aliphatic carbocycles. The van der Waals surface area contributed by atoms with Crippen molar-refractivity contribution < 1.29 is 4.79 Å². The number of hydrogen-bond acceptors (Lipinski definition) is 3. The Morgan fingerprint density at radius 2 is 1.85 bits per heavy atom. The van der Waals surface area contributed by atoms with Crippen LogP contribution in [-0.2, 0) is 0 Å². The van der Waals surface area contributed by atoms with Crippen molar-refractivity contribution in [2.45, 2.75) is 44.9 Å². The first-order chi connectivity index (χ1) is 9.70. The van der Waals surface area contributed by atoms with Gasteiger partial charge in [0.15, 0.2) is 0 Å².